The minimum Gasteiger partial charge on any atom is -0.454 e. The van der Waals surface area contributed by atoms with Gasteiger partial charge < -0.3 is 19.7 Å². The average Bonchev–Trinajstić information content (AvgIpc) is 3.23. The zero-order chi connectivity index (χ0) is 21.3. The maximum Gasteiger partial charge on any atom is 0.451 e. The standard InChI is InChI=1S/C15H14F3N3O.C4H9NO2/c16-15(17,18)14-19-9-13(10-20-14)22-12-5-3-4-11(8-12)21-6-1-2-7-21;1-5-4(6)3-7-2/h3-5,8-10H,1-2,6-7H2;3H2,1-2H3,(H,5,6). The maximum absolute atomic E-state index is 12.4. The molecular weight excluding hydrogens is 389 g/mol. The van der Waals surface area contributed by atoms with Gasteiger partial charge in [-0.25, -0.2) is 9.97 Å². The quantitative estimate of drug-likeness (QED) is 0.812. The van der Waals surface area contributed by atoms with Gasteiger partial charge in [0.2, 0.25) is 11.7 Å². The molecule has 0 saturated carbocycles. The van der Waals surface area contributed by atoms with Crippen molar-refractivity contribution in [3.63, 3.8) is 0 Å². The van der Waals surface area contributed by atoms with Gasteiger partial charge >= 0.3 is 6.18 Å². The summed E-state index contributed by atoms with van der Waals surface area (Å²) >= 11 is 0. The molecule has 0 spiro atoms. The number of nitrogens with zero attached hydrogens (tertiary/aromatic N) is 3. The molecule has 1 fully saturated rings. The fraction of sp³-hybridized carbons (Fsp3) is 0.421. The van der Waals surface area contributed by atoms with Crippen LogP contribution < -0.4 is 15.0 Å². The highest BCUT2D eigenvalue weighted by atomic mass is 19.4. The van der Waals surface area contributed by atoms with E-state index in [1.807, 2.05) is 18.2 Å². The Bertz CT molecular complexity index is 779. The molecule has 2 aromatic rings. The first kappa shape index (κ1) is 22.4. The van der Waals surface area contributed by atoms with Crippen molar-refractivity contribution < 1.29 is 27.4 Å². The molecule has 0 bridgehead atoms. The van der Waals surface area contributed by atoms with E-state index in [0.717, 1.165) is 44.0 Å². The first-order chi connectivity index (χ1) is 13.8. The minimum atomic E-state index is -4.55. The summed E-state index contributed by atoms with van der Waals surface area (Å²) in [7, 11) is 3.05. The molecule has 1 N–H and O–H groups in total. The third-order valence-corrected chi connectivity index (χ3v) is 3.96. The SMILES string of the molecule is CNC(=O)COC.FC(F)(F)c1ncc(Oc2cccc(N3CCCC3)c2)cn1. The van der Waals surface area contributed by atoms with Crippen molar-refractivity contribution in [2.45, 2.75) is 19.0 Å². The molecule has 0 radical (unpaired) electrons. The van der Waals surface area contributed by atoms with Crippen molar-refractivity contribution in [3.05, 3.63) is 42.5 Å². The van der Waals surface area contributed by atoms with Gasteiger partial charge in [-0.2, -0.15) is 13.2 Å². The maximum atomic E-state index is 12.4. The van der Waals surface area contributed by atoms with Crippen molar-refractivity contribution in [2.24, 2.45) is 0 Å². The normalized spacial score (nSPS) is 13.5. The Morgan fingerprint density at radius 1 is 1.17 bits per heavy atom. The van der Waals surface area contributed by atoms with Crippen LogP contribution in [0, 0.1) is 0 Å². The first-order valence-electron chi connectivity index (χ1n) is 8.95. The third kappa shape index (κ3) is 7.22. The molecule has 1 aliphatic rings. The number of aromatic nitrogens is 2. The van der Waals surface area contributed by atoms with Crippen LogP contribution in [0.15, 0.2) is 36.7 Å². The van der Waals surface area contributed by atoms with E-state index in [1.54, 1.807) is 13.1 Å². The molecule has 7 nitrogen and oxygen atoms in total. The van der Waals surface area contributed by atoms with Crippen LogP contribution in [0.4, 0.5) is 18.9 Å². The van der Waals surface area contributed by atoms with Crippen LogP contribution in [0.5, 0.6) is 11.5 Å². The number of halogens is 3. The number of benzene rings is 1. The second kappa shape index (κ2) is 10.6. The van der Waals surface area contributed by atoms with Crippen LogP contribution >= 0.6 is 0 Å². The Labute approximate surface area is 166 Å². The molecule has 1 aromatic carbocycles. The summed E-state index contributed by atoms with van der Waals surface area (Å²) in [6, 6.07) is 7.45. The molecule has 3 rings (SSSR count). The minimum absolute atomic E-state index is 0.0949. The summed E-state index contributed by atoms with van der Waals surface area (Å²) in [5.74, 6) is -0.549. The highest BCUT2D eigenvalue weighted by molar-refractivity contribution is 5.76. The smallest absolute Gasteiger partial charge is 0.451 e. The lowest BCUT2D eigenvalue weighted by molar-refractivity contribution is -0.145. The number of hydrogen-bond acceptors (Lipinski definition) is 6. The lowest BCUT2D eigenvalue weighted by Gasteiger charge is -2.18. The monoisotopic (exact) mass is 412 g/mol. The molecule has 0 atom stereocenters. The summed E-state index contributed by atoms with van der Waals surface area (Å²) in [4.78, 5) is 19.0. The molecule has 158 valence electrons. The summed E-state index contributed by atoms with van der Waals surface area (Å²) in [6.45, 7) is 2.16. The van der Waals surface area contributed by atoms with E-state index >= 15 is 0 Å². The number of nitrogens with one attached hydrogen (secondary N) is 1. The van der Waals surface area contributed by atoms with Crippen molar-refractivity contribution in [3.8, 4) is 11.5 Å². The van der Waals surface area contributed by atoms with E-state index in [0.29, 0.717) is 5.75 Å². The summed E-state index contributed by atoms with van der Waals surface area (Å²) in [6.07, 6.45) is -0.166. The van der Waals surface area contributed by atoms with Crippen LogP contribution in [0.3, 0.4) is 0 Å². The van der Waals surface area contributed by atoms with E-state index in [-0.39, 0.29) is 18.3 Å². The number of rotatable bonds is 5. The Hall–Kier alpha value is -2.88. The lowest BCUT2D eigenvalue weighted by Crippen LogP contribution is -2.22. The van der Waals surface area contributed by atoms with Crippen LogP contribution in [-0.2, 0) is 15.7 Å². The second-order valence-corrected chi connectivity index (χ2v) is 6.14. The van der Waals surface area contributed by atoms with Crippen molar-refractivity contribution >= 4 is 11.6 Å². The second-order valence-electron chi connectivity index (χ2n) is 6.14. The number of methoxy groups -OCH3 is 1. The topological polar surface area (TPSA) is 76.6 Å². The third-order valence-electron chi connectivity index (χ3n) is 3.96. The van der Waals surface area contributed by atoms with E-state index in [4.69, 9.17) is 4.74 Å². The van der Waals surface area contributed by atoms with Crippen LogP contribution in [-0.4, -0.2) is 49.7 Å². The first-order valence-corrected chi connectivity index (χ1v) is 8.95. The average molecular weight is 412 g/mol. The van der Waals surface area contributed by atoms with Gasteiger partial charge in [0.25, 0.3) is 0 Å². The van der Waals surface area contributed by atoms with Gasteiger partial charge in [-0.1, -0.05) is 6.07 Å². The number of carbonyl (C=O) groups is 1. The molecule has 0 unspecified atom stereocenters. The Balaban J connectivity index is 0.000000370. The Morgan fingerprint density at radius 3 is 2.34 bits per heavy atom. The molecule has 1 aromatic heterocycles. The van der Waals surface area contributed by atoms with E-state index < -0.39 is 12.0 Å². The van der Waals surface area contributed by atoms with Gasteiger partial charge in [0.05, 0.1) is 12.4 Å². The number of ether oxygens (including phenoxy) is 2. The fourth-order valence-electron chi connectivity index (χ4n) is 2.57. The Morgan fingerprint density at radius 2 is 1.83 bits per heavy atom. The van der Waals surface area contributed by atoms with Gasteiger partial charge in [0.1, 0.15) is 12.4 Å². The predicted molar refractivity (Wildman–Crippen MR) is 101 cm³/mol. The van der Waals surface area contributed by atoms with Crippen molar-refractivity contribution in [1.82, 2.24) is 15.3 Å². The fourth-order valence-corrected chi connectivity index (χ4v) is 2.57. The Kier molecular flexibility index (Phi) is 8.20. The largest absolute Gasteiger partial charge is 0.454 e. The molecule has 29 heavy (non-hydrogen) atoms. The van der Waals surface area contributed by atoms with Crippen molar-refractivity contribution in [2.75, 3.05) is 38.8 Å². The predicted octanol–water partition coefficient (Wildman–Crippen LogP) is 3.27. The number of anilines is 1. The molecule has 0 aliphatic carbocycles. The highest BCUT2D eigenvalue weighted by Crippen LogP contribution is 2.29. The van der Waals surface area contributed by atoms with Crippen LogP contribution in [0.25, 0.3) is 0 Å². The molecule has 1 saturated heterocycles. The van der Waals surface area contributed by atoms with Gasteiger partial charge in [-0.05, 0) is 25.0 Å². The lowest BCUT2D eigenvalue weighted by atomic mass is 10.3. The summed E-state index contributed by atoms with van der Waals surface area (Å²) in [5, 5.41) is 2.40. The van der Waals surface area contributed by atoms with Crippen molar-refractivity contribution in [1.29, 1.82) is 0 Å². The van der Waals surface area contributed by atoms with Crippen LogP contribution in [0.1, 0.15) is 18.7 Å². The summed E-state index contributed by atoms with van der Waals surface area (Å²) in [5.41, 5.74) is 1.04. The van der Waals surface area contributed by atoms with Gasteiger partial charge in [-0.3, -0.25) is 4.79 Å². The number of carbonyl (C=O) groups excluding carboxylic acids is 1. The number of amides is 1. The van der Waals surface area contributed by atoms with E-state index in [9.17, 15) is 18.0 Å². The molecular formula is C19H23F3N4O3. The van der Waals surface area contributed by atoms with Gasteiger partial charge in [0, 0.05) is 39.0 Å². The number of alkyl halides is 3. The molecule has 1 amide bonds. The van der Waals surface area contributed by atoms with E-state index in [2.05, 4.69) is 24.9 Å². The zero-order valence-electron chi connectivity index (χ0n) is 16.2. The number of hydrogen-bond donors (Lipinski definition) is 1. The van der Waals surface area contributed by atoms with Crippen LogP contribution in [0.2, 0.25) is 0 Å². The summed E-state index contributed by atoms with van der Waals surface area (Å²) < 4.78 is 47.2. The molecule has 2 heterocycles. The zero-order valence-corrected chi connectivity index (χ0v) is 16.2. The molecule has 1 aliphatic heterocycles. The van der Waals surface area contributed by atoms with Gasteiger partial charge in [-0.15, -0.1) is 0 Å². The highest BCUT2D eigenvalue weighted by Gasteiger charge is 2.34. The van der Waals surface area contributed by atoms with E-state index in [1.165, 1.54) is 7.11 Å². The molecule has 10 heteroatoms. The van der Waals surface area contributed by atoms with Gasteiger partial charge in [0.15, 0.2) is 5.75 Å². The number of likely N-dealkylation sites (N-methyl/N-ethyl adjacent to an activating group) is 1.